The Morgan fingerprint density at radius 2 is 1.77 bits per heavy atom. The van der Waals surface area contributed by atoms with E-state index >= 15 is 0 Å². The molecule has 26 heavy (non-hydrogen) atoms. The summed E-state index contributed by atoms with van der Waals surface area (Å²) in [6, 6.07) is 13.7. The number of anilines is 1. The van der Waals surface area contributed by atoms with Gasteiger partial charge in [-0.3, -0.25) is 4.99 Å². The van der Waals surface area contributed by atoms with Crippen LogP contribution in [0.3, 0.4) is 0 Å². The van der Waals surface area contributed by atoms with Gasteiger partial charge in [0.1, 0.15) is 0 Å². The molecule has 0 saturated carbocycles. The molecule has 142 valence electrons. The number of nitrogens with two attached hydrogens (primary N) is 1. The van der Waals surface area contributed by atoms with Gasteiger partial charge >= 0.3 is 0 Å². The second-order valence-electron chi connectivity index (χ2n) is 5.42. The fraction of sp³-hybridized carbons (Fsp3) is 0.316. The number of methoxy groups -OCH3 is 3. The van der Waals surface area contributed by atoms with Crippen LogP contribution in [0, 0.1) is 0 Å². The van der Waals surface area contributed by atoms with Crippen molar-refractivity contribution in [3.05, 3.63) is 53.6 Å². The van der Waals surface area contributed by atoms with E-state index in [9.17, 15) is 0 Å². The Balaban J connectivity index is 0.00000338. The summed E-state index contributed by atoms with van der Waals surface area (Å²) in [4.78, 5) is 4.38. The van der Waals surface area contributed by atoms with Gasteiger partial charge in [-0.25, -0.2) is 0 Å². The Hall–Kier alpha value is -2.00. The lowest BCUT2D eigenvalue weighted by molar-refractivity contribution is 0.185. The van der Waals surface area contributed by atoms with Crippen LogP contribution in [0.5, 0.6) is 11.5 Å². The van der Waals surface area contributed by atoms with Crippen LogP contribution in [-0.2, 0) is 17.8 Å². The summed E-state index contributed by atoms with van der Waals surface area (Å²) in [7, 11) is 4.91. The minimum atomic E-state index is 0. The molecule has 0 fully saturated rings. The molecule has 0 saturated heterocycles. The maximum atomic E-state index is 5.99. The fourth-order valence-electron chi connectivity index (χ4n) is 2.44. The number of nitrogens with zero attached hydrogens (tertiary/aromatic N) is 1. The zero-order valence-corrected chi connectivity index (χ0v) is 17.7. The van der Waals surface area contributed by atoms with E-state index in [0.717, 1.165) is 23.2 Å². The van der Waals surface area contributed by atoms with Crippen molar-refractivity contribution < 1.29 is 14.2 Å². The third kappa shape index (κ3) is 6.38. The molecule has 6 nitrogen and oxygen atoms in total. The van der Waals surface area contributed by atoms with Crippen LogP contribution in [-0.4, -0.2) is 33.8 Å². The SMILES string of the molecule is COCc1ccccc1NC(N)=NCCc1ccc(OC)c(OC)c1.I. The van der Waals surface area contributed by atoms with Crippen LogP contribution in [0.4, 0.5) is 5.69 Å². The lowest BCUT2D eigenvalue weighted by Gasteiger charge is -2.11. The molecule has 2 rings (SSSR count). The smallest absolute Gasteiger partial charge is 0.193 e. The van der Waals surface area contributed by atoms with Crippen LogP contribution in [0.2, 0.25) is 0 Å². The molecule has 0 aliphatic carbocycles. The quantitative estimate of drug-likeness (QED) is 0.351. The lowest BCUT2D eigenvalue weighted by atomic mass is 10.1. The predicted molar refractivity (Wildman–Crippen MR) is 116 cm³/mol. The standard InChI is InChI=1S/C19H25N3O3.HI/c1-23-13-15-6-4-5-7-16(15)22-19(20)21-11-10-14-8-9-17(24-2)18(12-14)25-3;/h4-9,12H,10-11,13H2,1-3H3,(H3,20,21,22);1H. The highest BCUT2D eigenvalue weighted by molar-refractivity contribution is 14.0. The molecule has 0 aromatic heterocycles. The molecule has 0 amide bonds. The number of para-hydroxylation sites is 1. The van der Waals surface area contributed by atoms with E-state index in [2.05, 4.69) is 10.3 Å². The summed E-state index contributed by atoms with van der Waals surface area (Å²) in [6.45, 7) is 1.09. The Morgan fingerprint density at radius 1 is 1.04 bits per heavy atom. The van der Waals surface area contributed by atoms with E-state index in [1.54, 1.807) is 21.3 Å². The summed E-state index contributed by atoms with van der Waals surface area (Å²) < 4.78 is 15.7. The average Bonchev–Trinajstić information content (AvgIpc) is 2.63. The molecule has 0 aliphatic heterocycles. The summed E-state index contributed by atoms with van der Waals surface area (Å²) in [5.74, 6) is 1.80. The van der Waals surface area contributed by atoms with Gasteiger partial charge in [0.15, 0.2) is 17.5 Å². The van der Waals surface area contributed by atoms with Crippen molar-refractivity contribution >= 4 is 35.6 Å². The first-order valence-corrected chi connectivity index (χ1v) is 8.02. The summed E-state index contributed by atoms with van der Waals surface area (Å²) in [5.41, 5.74) is 9.03. The second-order valence-corrected chi connectivity index (χ2v) is 5.42. The van der Waals surface area contributed by atoms with Gasteiger partial charge in [-0.05, 0) is 30.2 Å². The fourth-order valence-corrected chi connectivity index (χ4v) is 2.44. The van der Waals surface area contributed by atoms with Crippen LogP contribution in [0.25, 0.3) is 0 Å². The maximum absolute atomic E-state index is 5.99. The van der Waals surface area contributed by atoms with Crippen molar-refractivity contribution in [3.63, 3.8) is 0 Å². The van der Waals surface area contributed by atoms with E-state index in [1.807, 2.05) is 42.5 Å². The zero-order chi connectivity index (χ0) is 18.1. The molecule has 0 atom stereocenters. The largest absolute Gasteiger partial charge is 0.493 e. The number of guanidine groups is 1. The highest BCUT2D eigenvalue weighted by Gasteiger charge is 2.05. The molecule has 3 N–H and O–H groups in total. The number of halogens is 1. The monoisotopic (exact) mass is 471 g/mol. The van der Waals surface area contributed by atoms with E-state index in [4.69, 9.17) is 19.9 Å². The van der Waals surface area contributed by atoms with Gasteiger partial charge in [0.05, 0.1) is 20.8 Å². The molecule has 0 heterocycles. The van der Waals surface area contributed by atoms with E-state index < -0.39 is 0 Å². The number of hydrogen-bond donors (Lipinski definition) is 2. The van der Waals surface area contributed by atoms with Crippen molar-refractivity contribution in [2.75, 3.05) is 33.2 Å². The maximum Gasteiger partial charge on any atom is 0.193 e. The zero-order valence-electron chi connectivity index (χ0n) is 15.3. The topological polar surface area (TPSA) is 78.1 Å². The number of rotatable bonds is 8. The number of benzene rings is 2. The average molecular weight is 471 g/mol. The first-order chi connectivity index (χ1) is 12.2. The van der Waals surface area contributed by atoms with Crippen molar-refractivity contribution in [3.8, 4) is 11.5 Å². The third-order valence-corrected chi connectivity index (χ3v) is 3.71. The number of nitrogens with one attached hydrogen (secondary N) is 1. The molecule has 2 aromatic rings. The molecule has 0 aliphatic rings. The van der Waals surface area contributed by atoms with Gasteiger partial charge in [0.25, 0.3) is 0 Å². The van der Waals surface area contributed by atoms with Gasteiger partial charge in [-0.1, -0.05) is 24.3 Å². The summed E-state index contributed by atoms with van der Waals surface area (Å²) in [6.07, 6.45) is 0.752. The van der Waals surface area contributed by atoms with Gasteiger partial charge < -0.3 is 25.3 Å². The van der Waals surface area contributed by atoms with Crippen molar-refractivity contribution in [2.24, 2.45) is 10.7 Å². The number of ether oxygens (including phenoxy) is 3. The van der Waals surface area contributed by atoms with Crippen LogP contribution >= 0.6 is 24.0 Å². The van der Waals surface area contributed by atoms with Gasteiger partial charge in [0.2, 0.25) is 0 Å². The second kappa shape index (κ2) is 11.6. The minimum Gasteiger partial charge on any atom is -0.493 e. The molecule has 7 heteroatoms. The van der Waals surface area contributed by atoms with Crippen LogP contribution < -0.4 is 20.5 Å². The first kappa shape index (κ1) is 22.0. The molecule has 0 unspecified atom stereocenters. The highest BCUT2D eigenvalue weighted by Crippen LogP contribution is 2.27. The van der Waals surface area contributed by atoms with E-state index in [0.29, 0.717) is 30.6 Å². The highest BCUT2D eigenvalue weighted by atomic mass is 127. The van der Waals surface area contributed by atoms with Gasteiger partial charge in [0, 0.05) is 24.9 Å². The third-order valence-electron chi connectivity index (χ3n) is 3.71. The van der Waals surface area contributed by atoms with Crippen molar-refractivity contribution in [1.82, 2.24) is 0 Å². The lowest BCUT2D eigenvalue weighted by Crippen LogP contribution is -2.23. The van der Waals surface area contributed by atoms with Crippen molar-refractivity contribution in [2.45, 2.75) is 13.0 Å². The van der Waals surface area contributed by atoms with Crippen molar-refractivity contribution in [1.29, 1.82) is 0 Å². The number of hydrogen-bond acceptors (Lipinski definition) is 4. The minimum absolute atomic E-state index is 0. The summed E-state index contributed by atoms with van der Waals surface area (Å²) >= 11 is 0. The van der Waals surface area contributed by atoms with E-state index in [1.165, 1.54) is 0 Å². The Bertz CT molecular complexity index is 723. The molecule has 2 aromatic carbocycles. The Morgan fingerprint density at radius 3 is 2.46 bits per heavy atom. The van der Waals surface area contributed by atoms with Gasteiger partial charge in [-0.2, -0.15) is 0 Å². The number of aliphatic imine (C=N–C) groups is 1. The van der Waals surface area contributed by atoms with Gasteiger partial charge in [-0.15, -0.1) is 24.0 Å². The first-order valence-electron chi connectivity index (χ1n) is 8.02. The molecular formula is C19H26IN3O3. The molecule has 0 radical (unpaired) electrons. The van der Waals surface area contributed by atoms with E-state index in [-0.39, 0.29) is 24.0 Å². The normalized spacial score (nSPS) is 10.8. The van der Waals surface area contributed by atoms with Crippen LogP contribution in [0.15, 0.2) is 47.5 Å². The molecule has 0 bridgehead atoms. The Labute approximate surface area is 171 Å². The Kier molecular flexibility index (Phi) is 9.82. The molecule has 0 spiro atoms. The predicted octanol–water partition coefficient (Wildman–Crippen LogP) is 3.44. The molecular weight excluding hydrogens is 445 g/mol. The summed E-state index contributed by atoms with van der Waals surface area (Å²) in [5, 5.41) is 3.13. The van der Waals surface area contributed by atoms with Crippen LogP contribution in [0.1, 0.15) is 11.1 Å².